The zero-order valence-corrected chi connectivity index (χ0v) is 15.8. The summed E-state index contributed by atoms with van der Waals surface area (Å²) in [4.78, 5) is 24.8. The number of ether oxygens (including phenoxy) is 2. The van der Waals surface area contributed by atoms with Gasteiger partial charge in [-0.2, -0.15) is 0 Å². The van der Waals surface area contributed by atoms with E-state index in [0.717, 1.165) is 25.7 Å². The van der Waals surface area contributed by atoms with E-state index in [0.29, 0.717) is 11.1 Å². The van der Waals surface area contributed by atoms with Gasteiger partial charge in [0.05, 0.1) is 11.1 Å². The zero-order chi connectivity index (χ0) is 18.4. The predicted octanol–water partition coefficient (Wildman–Crippen LogP) is 5.16. The minimum absolute atomic E-state index is 0.368. The number of hydrogen-bond donors (Lipinski definition) is 0. The van der Waals surface area contributed by atoms with Gasteiger partial charge in [-0.1, -0.05) is 33.8 Å². The second-order valence-corrected chi connectivity index (χ2v) is 6.67. The van der Waals surface area contributed by atoms with Gasteiger partial charge in [-0.05, 0) is 57.7 Å². The molecule has 0 bridgehead atoms. The highest BCUT2D eigenvalue weighted by Crippen LogP contribution is 2.23. The van der Waals surface area contributed by atoms with Crippen LogP contribution in [0.4, 0.5) is 0 Å². The first-order chi connectivity index (χ1) is 11.2. The molecule has 4 nitrogen and oxygen atoms in total. The SMILES string of the molecule is CCC(C)(CC)OC(=O)c1cccc(C(=O)OC(C)(CC)CC)c1. The monoisotopic (exact) mass is 334 g/mol. The van der Waals surface area contributed by atoms with Gasteiger partial charge >= 0.3 is 11.9 Å². The molecule has 1 aromatic rings. The Morgan fingerprint density at radius 1 is 0.792 bits per heavy atom. The van der Waals surface area contributed by atoms with Crippen LogP contribution in [0.2, 0.25) is 0 Å². The molecule has 0 radical (unpaired) electrons. The van der Waals surface area contributed by atoms with Crippen molar-refractivity contribution in [2.75, 3.05) is 0 Å². The van der Waals surface area contributed by atoms with Gasteiger partial charge in [0.25, 0.3) is 0 Å². The van der Waals surface area contributed by atoms with E-state index in [2.05, 4.69) is 0 Å². The van der Waals surface area contributed by atoms with Gasteiger partial charge in [0, 0.05) is 0 Å². The van der Waals surface area contributed by atoms with Crippen LogP contribution in [0.25, 0.3) is 0 Å². The van der Waals surface area contributed by atoms with Crippen LogP contribution in [0, 0.1) is 0 Å². The van der Waals surface area contributed by atoms with Crippen molar-refractivity contribution >= 4 is 11.9 Å². The second kappa shape index (κ2) is 8.32. The molecule has 0 saturated carbocycles. The number of esters is 2. The molecule has 0 aliphatic rings. The van der Waals surface area contributed by atoms with Crippen molar-refractivity contribution in [3.05, 3.63) is 35.4 Å². The molecule has 0 N–H and O–H groups in total. The lowest BCUT2D eigenvalue weighted by atomic mass is 9.99. The first-order valence-corrected chi connectivity index (χ1v) is 8.79. The molecular weight excluding hydrogens is 304 g/mol. The van der Waals surface area contributed by atoms with E-state index >= 15 is 0 Å². The van der Waals surface area contributed by atoms with E-state index in [4.69, 9.17) is 9.47 Å². The molecule has 134 valence electrons. The maximum absolute atomic E-state index is 12.4. The summed E-state index contributed by atoms with van der Waals surface area (Å²) >= 11 is 0. The van der Waals surface area contributed by atoms with Gasteiger partial charge in [0.15, 0.2) is 0 Å². The molecule has 0 saturated heterocycles. The summed E-state index contributed by atoms with van der Waals surface area (Å²) in [6.07, 6.45) is 2.95. The topological polar surface area (TPSA) is 52.6 Å². The normalized spacial score (nSPS) is 11.9. The highest BCUT2D eigenvalue weighted by atomic mass is 16.6. The summed E-state index contributed by atoms with van der Waals surface area (Å²) < 4.78 is 11.2. The summed E-state index contributed by atoms with van der Waals surface area (Å²) in [5.41, 5.74) is -0.243. The largest absolute Gasteiger partial charge is 0.456 e. The molecule has 0 unspecified atom stereocenters. The van der Waals surface area contributed by atoms with Crippen molar-refractivity contribution in [3.8, 4) is 0 Å². The lowest BCUT2D eigenvalue weighted by Gasteiger charge is -2.27. The minimum atomic E-state index is -0.489. The molecule has 1 aromatic carbocycles. The van der Waals surface area contributed by atoms with E-state index in [1.807, 2.05) is 41.5 Å². The Labute approximate surface area is 145 Å². The summed E-state index contributed by atoms with van der Waals surface area (Å²) in [6.45, 7) is 11.8. The molecule has 0 heterocycles. The van der Waals surface area contributed by atoms with Crippen LogP contribution in [0.3, 0.4) is 0 Å². The standard InChI is InChI=1S/C20H30O4/c1-7-19(5,8-2)23-17(21)15-12-11-13-16(14-15)18(22)24-20(6,9-3)10-4/h11-14H,7-10H2,1-6H3. The van der Waals surface area contributed by atoms with Crippen LogP contribution in [0.1, 0.15) is 87.9 Å². The van der Waals surface area contributed by atoms with E-state index in [1.54, 1.807) is 24.3 Å². The van der Waals surface area contributed by atoms with Crippen molar-refractivity contribution in [2.45, 2.75) is 78.4 Å². The molecule has 0 aliphatic heterocycles. The highest BCUT2D eigenvalue weighted by Gasteiger charge is 2.27. The quantitative estimate of drug-likeness (QED) is 0.616. The molecule has 0 aromatic heterocycles. The Morgan fingerprint density at radius 2 is 1.12 bits per heavy atom. The number of hydrogen-bond acceptors (Lipinski definition) is 4. The van der Waals surface area contributed by atoms with Crippen molar-refractivity contribution in [3.63, 3.8) is 0 Å². The maximum Gasteiger partial charge on any atom is 0.338 e. The fraction of sp³-hybridized carbons (Fsp3) is 0.600. The van der Waals surface area contributed by atoms with Crippen molar-refractivity contribution < 1.29 is 19.1 Å². The van der Waals surface area contributed by atoms with Crippen LogP contribution in [0.15, 0.2) is 24.3 Å². The molecule has 0 fully saturated rings. The van der Waals surface area contributed by atoms with E-state index in [-0.39, 0.29) is 0 Å². The smallest absolute Gasteiger partial charge is 0.338 e. The Balaban J connectivity index is 2.94. The Hall–Kier alpha value is -1.84. The molecule has 0 amide bonds. The molecule has 1 rings (SSSR count). The van der Waals surface area contributed by atoms with E-state index < -0.39 is 23.1 Å². The molecule has 0 aliphatic carbocycles. The fourth-order valence-electron chi connectivity index (χ4n) is 2.13. The Bertz CT molecular complexity index is 522. The third-order valence-electron chi connectivity index (χ3n) is 5.00. The third-order valence-corrected chi connectivity index (χ3v) is 5.00. The predicted molar refractivity (Wildman–Crippen MR) is 95.2 cm³/mol. The third kappa shape index (κ3) is 5.08. The van der Waals surface area contributed by atoms with Gasteiger partial charge < -0.3 is 9.47 Å². The average molecular weight is 334 g/mol. The van der Waals surface area contributed by atoms with Gasteiger partial charge in [-0.25, -0.2) is 9.59 Å². The van der Waals surface area contributed by atoms with Gasteiger partial charge in [-0.15, -0.1) is 0 Å². The van der Waals surface area contributed by atoms with Crippen LogP contribution < -0.4 is 0 Å². The summed E-state index contributed by atoms with van der Waals surface area (Å²) in [7, 11) is 0. The minimum Gasteiger partial charge on any atom is -0.456 e. The van der Waals surface area contributed by atoms with Gasteiger partial charge in [-0.3, -0.25) is 0 Å². The van der Waals surface area contributed by atoms with Gasteiger partial charge in [0.1, 0.15) is 11.2 Å². The molecule has 24 heavy (non-hydrogen) atoms. The van der Waals surface area contributed by atoms with Crippen LogP contribution in [0.5, 0.6) is 0 Å². The number of benzene rings is 1. The Kier molecular flexibility index (Phi) is 7.00. The molecule has 0 spiro atoms. The lowest BCUT2D eigenvalue weighted by Crippen LogP contribution is -2.31. The summed E-state index contributed by atoms with van der Waals surface area (Å²) in [5, 5.41) is 0. The van der Waals surface area contributed by atoms with Crippen LogP contribution in [-0.4, -0.2) is 23.1 Å². The number of carbonyl (C=O) groups is 2. The lowest BCUT2D eigenvalue weighted by molar-refractivity contribution is -0.0131. The van der Waals surface area contributed by atoms with Crippen molar-refractivity contribution in [1.29, 1.82) is 0 Å². The van der Waals surface area contributed by atoms with Crippen molar-refractivity contribution in [1.82, 2.24) is 0 Å². The van der Waals surface area contributed by atoms with Crippen LogP contribution >= 0.6 is 0 Å². The van der Waals surface area contributed by atoms with E-state index in [1.165, 1.54) is 0 Å². The van der Waals surface area contributed by atoms with Gasteiger partial charge in [0.2, 0.25) is 0 Å². The summed E-state index contributed by atoms with van der Waals surface area (Å²) in [5.74, 6) is -0.825. The second-order valence-electron chi connectivity index (χ2n) is 6.67. The first-order valence-electron chi connectivity index (χ1n) is 8.79. The highest BCUT2D eigenvalue weighted by molar-refractivity contribution is 5.95. The maximum atomic E-state index is 12.4. The first kappa shape index (κ1) is 20.2. The summed E-state index contributed by atoms with van der Waals surface area (Å²) in [6, 6.07) is 6.53. The average Bonchev–Trinajstić information content (AvgIpc) is 2.61. The molecular formula is C20H30O4. The zero-order valence-electron chi connectivity index (χ0n) is 15.8. The van der Waals surface area contributed by atoms with Crippen LogP contribution in [-0.2, 0) is 9.47 Å². The van der Waals surface area contributed by atoms with E-state index in [9.17, 15) is 9.59 Å². The van der Waals surface area contributed by atoms with Crippen molar-refractivity contribution in [2.24, 2.45) is 0 Å². The fourth-order valence-corrected chi connectivity index (χ4v) is 2.13. The number of rotatable bonds is 8. The number of carbonyl (C=O) groups excluding carboxylic acids is 2. The molecule has 4 heteroatoms. The Morgan fingerprint density at radius 3 is 1.42 bits per heavy atom. The molecule has 0 atom stereocenters.